The van der Waals surface area contributed by atoms with Gasteiger partial charge in [-0.1, -0.05) is 19.1 Å². The lowest BCUT2D eigenvalue weighted by atomic mass is 9.81. The van der Waals surface area contributed by atoms with Gasteiger partial charge in [0.25, 0.3) is 11.8 Å². The van der Waals surface area contributed by atoms with Crippen molar-refractivity contribution in [3.8, 4) is 5.69 Å². The second kappa shape index (κ2) is 9.92. The van der Waals surface area contributed by atoms with Gasteiger partial charge in [-0.3, -0.25) is 9.59 Å². The number of allylic oxidation sites excluding steroid dienone is 3. The maximum atomic E-state index is 13.2. The van der Waals surface area contributed by atoms with E-state index in [1.807, 2.05) is 108 Å². The molecule has 0 saturated heterocycles. The van der Waals surface area contributed by atoms with Crippen molar-refractivity contribution in [3.05, 3.63) is 120 Å². The Balaban J connectivity index is 1.05. The zero-order valence-corrected chi connectivity index (χ0v) is 23.6. The number of hydrogen-bond acceptors (Lipinski definition) is 4. The Kier molecular flexibility index (Phi) is 6.04. The van der Waals surface area contributed by atoms with Gasteiger partial charge in [-0.2, -0.15) is 5.10 Å². The molecule has 8 heteroatoms. The Labute approximate surface area is 243 Å². The second-order valence-corrected chi connectivity index (χ2v) is 11.0. The third-order valence-corrected chi connectivity index (χ3v) is 8.33. The molecule has 3 aromatic carbocycles. The molecule has 42 heavy (non-hydrogen) atoms. The molecule has 0 radical (unpaired) electrons. The van der Waals surface area contributed by atoms with Crippen LogP contribution in [-0.4, -0.2) is 38.1 Å². The number of carbonyl (C=O) groups is 2. The molecule has 0 saturated carbocycles. The van der Waals surface area contributed by atoms with Crippen LogP contribution in [0.4, 0.5) is 11.4 Å². The number of rotatable bonds is 5. The maximum absolute atomic E-state index is 13.2. The first-order valence-electron chi connectivity index (χ1n) is 13.9. The van der Waals surface area contributed by atoms with Gasteiger partial charge in [0.05, 0.1) is 17.4 Å². The van der Waals surface area contributed by atoms with E-state index in [1.165, 1.54) is 5.70 Å². The smallest absolute Gasteiger partial charge is 0.255 e. The summed E-state index contributed by atoms with van der Waals surface area (Å²) in [6.07, 6.45) is 11.9. The molecule has 2 aromatic heterocycles. The average Bonchev–Trinajstić information content (AvgIpc) is 3.70. The third kappa shape index (κ3) is 4.37. The van der Waals surface area contributed by atoms with Gasteiger partial charge in [0.1, 0.15) is 0 Å². The van der Waals surface area contributed by atoms with Crippen molar-refractivity contribution >= 4 is 45.0 Å². The number of nitrogens with one attached hydrogen (secondary N) is 2. The minimum Gasteiger partial charge on any atom is -0.354 e. The highest BCUT2D eigenvalue weighted by Crippen LogP contribution is 2.38. The highest BCUT2D eigenvalue weighted by atomic mass is 16.2. The van der Waals surface area contributed by atoms with Crippen molar-refractivity contribution in [1.29, 1.82) is 0 Å². The molecule has 2 amide bonds. The predicted molar refractivity (Wildman–Crippen MR) is 166 cm³/mol. The van der Waals surface area contributed by atoms with E-state index >= 15 is 0 Å². The molecule has 2 N–H and O–H groups in total. The van der Waals surface area contributed by atoms with Crippen LogP contribution in [0, 0.1) is 11.8 Å². The first-order chi connectivity index (χ1) is 20.4. The third-order valence-electron chi connectivity index (χ3n) is 8.33. The molecular formula is C34H30N6O2. The van der Waals surface area contributed by atoms with Crippen molar-refractivity contribution in [2.75, 3.05) is 17.7 Å². The first kappa shape index (κ1) is 25.6. The summed E-state index contributed by atoms with van der Waals surface area (Å²) in [5, 5.41) is 12.6. The standard InChI is InChI=1S/C34H30N6O2/c1-21-28-15-17-39(3)32(28)13-10-29(21)34(42)37-26-7-12-31-24(19-26)20-35-40(31)27-8-5-25(6-9-27)36-33(41)23-4-11-30-22(18-23)14-16-38(30)2/h4-21,28H,1-3H3,(H,36,41)(H,37,42). The highest BCUT2D eigenvalue weighted by molar-refractivity contribution is 6.07. The molecular weight excluding hydrogens is 524 g/mol. The Morgan fingerprint density at radius 3 is 2.40 bits per heavy atom. The van der Waals surface area contributed by atoms with Crippen LogP contribution in [0.3, 0.4) is 0 Å². The average molecular weight is 555 g/mol. The van der Waals surface area contributed by atoms with Crippen LogP contribution in [-0.2, 0) is 11.8 Å². The highest BCUT2D eigenvalue weighted by Gasteiger charge is 2.32. The number of nitrogens with zero attached hydrogens (tertiary/aromatic N) is 4. The van der Waals surface area contributed by atoms with E-state index in [-0.39, 0.29) is 23.7 Å². The Morgan fingerprint density at radius 1 is 0.810 bits per heavy atom. The van der Waals surface area contributed by atoms with Gasteiger partial charge in [-0.15, -0.1) is 0 Å². The summed E-state index contributed by atoms with van der Waals surface area (Å²) in [7, 11) is 4.02. The predicted octanol–water partition coefficient (Wildman–Crippen LogP) is 6.24. The molecule has 208 valence electrons. The number of anilines is 2. The minimum atomic E-state index is -0.158. The number of carbonyl (C=O) groups excluding carboxylic acids is 2. The molecule has 2 unspecified atom stereocenters. The maximum Gasteiger partial charge on any atom is 0.255 e. The fourth-order valence-corrected chi connectivity index (χ4v) is 5.93. The van der Waals surface area contributed by atoms with E-state index in [1.54, 1.807) is 6.20 Å². The number of aryl methyl sites for hydroxylation is 1. The van der Waals surface area contributed by atoms with Crippen molar-refractivity contribution < 1.29 is 9.59 Å². The van der Waals surface area contributed by atoms with E-state index in [4.69, 9.17) is 0 Å². The van der Waals surface area contributed by atoms with Gasteiger partial charge in [-0.25, -0.2) is 4.68 Å². The molecule has 7 rings (SSSR count). The van der Waals surface area contributed by atoms with E-state index in [9.17, 15) is 9.59 Å². The van der Waals surface area contributed by atoms with Crippen LogP contribution in [0.15, 0.2) is 115 Å². The lowest BCUT2D eigenvalue weighted by Crippen LogP contribution is -2.27. The van der Waals surface area contributed by atoms with Gasteiger partial charge in [0.2, 0.25) is 0 Å². The van der Waals surface area contributed by atoms with Gasteiger partial charge < -0.3 is 20.1 Å². The number of hydrogen-bond donors (Lipinski definition) is 2. The summed E-state index contributed by atoms with van der Waals surface area (Å²) < 4.78 is 3.87. The summed E-state index contributed by atoms with van der Waals surface area (Å²) in [5.74, 6) is 0.0705. The summed E-state index contributed by atoms with van der Waals surface area (Å²) in [6, 6.07) is 21.1. The normalized spacial score (nSPS) is 17.7. The summed E-state index contributed by atoms with van der Waals surface area (Å²) in [4.78, 5) is 28.1. The van der Waals surface area contributed by atoms with Gasteiger partial charge >= 0.3 is 0 Å². The lowest BCUT2D eigenvalue weighted by Gasteiger charge is -2.28. The van der Waals surface area contributed by atoms with Crippen molar-refractivity contribution in [2.45, 2.75) is 6.92 Å². The molecule has 2 atom stereocenters. The molecule has 1 aliphatic carbocycles. The Bertz CT molecular complexity index is 1970. The largest absolute Gasteiger partial charge is 0.354 e. The van der Waals surface area contributed by atoms with Crippen LogP contribution in [0.1, 0.15) is 17.3 Å². The lowest BCUT2D eigenvalue weighted by molar-refractivity contribution is -0.113. The molecule has 3 heterocycles. The summed E-state index contributed by atoms with van der Waals surface area (Å²) in [5.41, 5.74) is 6.88. The molecule has 0 spiro atoms. The van der Waals surface area contributed by atoms with Gasteiger partial charge in [-0.05, 0) is 78.7 Å². The quantitative estimate of drug-likeness (QED) is 0.269. The van der Waals surface area contributed by atoms with Crippen molar-refractivity contribution in [2.24, 2.45) is 18.9 Å². The van der Waals surface area contributed by atoms with Crippen molar-refractivity contribution in [1.82, 2.24) is 19.2 Å². The van der Waals surface area contributed by atoms with Gasteiger partial charge in [0, 0.05) is 76.9 Å². The fraction of sp³-hybridized carbons (Fsp3) is 0.147. The van der Waals surface area contributed by atoms with E-state index in [0.717, 1.165) is 38.8 Å². The Hall–Kier alpha value is -5.37. The molecule has 5 aromatic rings. The number of fused-ring (bicyclic) bond motifs is 3. The molecule has 0 fully saturated rings. The van der Waals surface area contributed by atoms with Crippen LogP contribution in [0.2, 0.25) is 0 Å². The fourth-order valence-electron chi connectivity index (χ4n) is 5.93. The molecule has 8 nitrogen and oxygen atoms in total. The monoisotopic (exact) mass is 554 g/mol. The summed E-state index contributed by atoms with van der Waals surface area (Å²) in [6.45, 7) is 2.10. The van der Waals surface area contributed by atoms with E-state index in [0.29, 0.717) is 11.3 Å². The van der Waals surface area contributed by atoms with Crippen LogP contribution in [0.25, 0.3) is 27.5 Å². The van der Waals surface area contributed by atoms with Crippen LogP contribution >= 0.6 is 0 Å². The SMILES string of the molecule is CC1C(C(=O)Nc2ccc3c(cnn3-c3ccc(NC(=O)c4ccc5c(ccn5C)c4)cc3)c2)=CC=C2C1C=CN2C. The van der Waals surface area contributed by atoms with E-state index in [2.05, 4.69) is 39.8 Å². The second-order valence-electron chi connectivity index (χ2n) is 11.0. The van der Waals surface area contributed by atoms with Gasteiger partial charge in [0.15, 0.2) is 0 Å². The van der Waals surface area contributed by atoms with E-state index < -0.39 is 0 Å². The van der Waals surface area contributed by atoms with Crippen LogP contribution in [0.5, 0.6) is 0 Å². The number of aromatic nitrogens is 3. The first-order valence-corrected chi connectivity index (χ1v) is 13.9. The molecule has 1 aliphatic heterocycles. The number of amides is 2. The van der Waals surface area contributed by atoms with Crippen LogP contribution < -0.4 is 10.6 Å². The topological polar surface area (TPSA) is 84.2 Å². The number of benzene rings is 3. The van der Waals surface area contributed by atoms with Crippen molar-refractivity contribution in [3.63, 3.8) is 0 Å². The summed E-state index contributed by atoms with van der Waals surface area (Å²) >= 11 is 0. The minimum absolute atomic E-state index is 0.0891. The zero-order chi connectivity index (χ0) is 29.0. The molecule has 0 bridgehead atoms. The molecule has 2 aliphatic rings. The zero-order valence-electron chi connectivity index (χ0n) is 23.6. The Morgan fingerprint density at radius 2 is 1.57 bits per heavy atom.